The van der Waals surface area contributed by atoms with Crippen LogP contribution in [-0.4, -0.2) is 40.7 Å². The SMILES string of the molecule is CN(CC(C)(C)CN)C(=O)c1cnn(-c2ccc(Cl)cc2Cl)c1.Cl. The molecule has 1 heterocycles. The highest BCUT2D eigenvalue weighted by Gasteiger charge is 2.23. The average molecular weight is 392 g/mol. The zero-order valence-corrected chi connectivity index (χ0v) is 16.1. The number of benzene rings is 1. The third-order valence-electron chi connectivity index (χ3n) is 3.55. The van der Waals surface area contributed by atoms with Crippen molar-refractivity contribution in [3.63, 3.8) is 0 Å². The van der Waals surface area contributed by atoms with E-state index >= 15 is 0 Å². The highest BCUT2D eigenvalue weighted by molar-refractivity contribution is 6.35. The van der Waals surface area contributed by atoms with Crippen LogP contribution in [-0.2, 0) is 0 Å². The second-order valence-corrected chi connectivity index (χ2v) is 7.14. The molecule has 0 aliphatic heterocycles. The molecule has 2 N–H and O–H groups in total. The van der Waals surface area contributed by atoms with Crippen LogP contribution in [0.5, 0.6) is 0 Å². The van der Waals surface area contributed by atoms with Gasteiger partial charge in [0, 0.05) is 24.8 Å². The monoisotopic (exact) mass is 390 g/mol. The molecule has 0 radical (unpaired) electrons. The van der Waals surface area contributed by atoms with Crippen molar-refractivity contribution in [3.8, 4) is 5.69 Å². The molecule has 5 nitrogen and oxygen atoms in total. The van der Waals surface area contributed by atoms with E-state index in [4.69, 9.17) is 28.9 Å². The van der Waals surface area contributed by atoms with Crippen molar-refractivity contribution in [1.82, 2.24) is 14.7 Å². The molecule has 0 aliphatic carbocycles. The van der Waals surface area contributed by atoms with Gasteiger partial charge in [0.2, 0.25) is 0 Å². The highest BCUT2D eigenvalue weighted by Crippen LogP contribution is 2.24. The molecule has 0 aliphatic rings. The number of nitrogens with zero attached hydrogens (tertiary/aromatic N) is 3. The number of halogens is 3. The van der Waals surface area contributed by atoms with Gasteiger partial charge in [0.15, 0.2) is 0 Å². The van der Waals surface area contributed by atoms with Crippen LogP contribution in [0.3, 0.4) is 0 Å². The zero-order valence-electron chi connectivity index (χ0n) is 13.8. The highest BCUT2D eigenvalue weighted by atomic mass is 35.5. The zero-order chi connectivity index (χ0) is 17.2. The largest absolute Gasteiger partial charge is 0.341 e. The quantitative estimate of drug-likeness (QED) is 0.846. The van der Waals surface area contributed by atoms with Crippen LogP contribution in [0.15, 0.2) is 30.6 Å². The van der Waals surface area contributed by atoms with E-state index in [0.29, 0.717) is 34.4 Å². The van der Waals surface area contributed by atoms with Crippen molar-refractivity contribution in [2.75, 3.05) is 20.1 Å². The fourth-order valence-electron chi connectivity index (χ4n) is 2.23. The van der Waals surface area contributed by atoms with Crippen molar-refractivity contribution >= 4 is 41.5 Å². The lowest BCUT2D eigenvalue weighted by Crippen LogP contribution is -2.39. The summed E-state index contributed by atoms with van der Waals surface area (Å²) in [5, 5.41) is 5.23. The van der Waals surface area contributed by atoms with Crippen LogP contribution < -0.4 is 5.73 Å². The summed E-state index contributed by atoms with van der Waals surface area (Å²) in [6.07, 6.45) is 3.18. The molecule has 0 unspecified atom stereocenters. The van der Waals surface area contributed by atoms with E-state index in [9.17, 15) is 4.79 Å². The van der Waals surface area contributed by atoms with Crippen LogP contribution >= 0.6 is 35.6 Å². The van der Waals surface area contributed by atoms with Crippen LogP contribution in [0.4, 0.5) is 0 Å². The second kappa shape index (κ2) is 8.21. The van der Waals surface area contributed by atoms with Gasteiger partial charge in [0.05, 0.1) is 22.5 Å². The van der Waals surface area contributed by atoms with Crippen LogP contribution in [0.25, 0.3) is 5.69 Å². The summed E-state index contributed by atoms with van der Waals surface area (Å²) in [5.41, 5.74) is 6.74. The van der Waals surface area contributed by atoms with Gasteiger partial charge in [0.1, 0.15) is 0 Å². The number of nitrogens with two attached hydrogens (primary N) is 1. The number of carbonyl (C=O) groups is 1. The number of aromatic nitrogens is 2. The Morgan fingerprint density at radius 3 is 2.62 bits per heavy atom. The molecule has 0 bridgehead atoms. The summed E-state index contributed by atoms with van der Waals surface area (Å²) in [7, 11) is 1.76. The van der Waals surface area contributed by atoms with E-state index in [-0.39, 0.29) is 23.7 Å². The molecule has 1 aromatic heterocycles. The summed E-state index contributed by atoms with van der Waals surface area (Å²) in [6.45, 7) is 5.11. The van der Waals surface area contributed by atoms with Gasteiger partial charge in [0.25, 0.3) is 5.91 Å². The fourth-order valence-corrected chi connectivity index (χ4v) is 2.73. The lowest BCUT2D eigenvalue weighted by Gasteiger charge is -2.28. The lowest BCUT2D eigenvalue weighted by atomic mass is 9.93. The molecular formula is C16H21Cl3N4O. The maximum absolute atomic E-state index is 12.5. The third kappa shape index (κ3) is 4.86. The summed E-state index contributed by atoms with van der Waals surface area (Å²) in [6, 6.07) is 5.12. The number of carbonyl (C=O) groups excluding carboxylic acids is 1. The molecule has 0 atom stereocenters. The Hall–Kier alpha value is -1.27. The van der Waals surface area contributed by atoms with Gasteiger partial charge < -0.3 is 10.6 Å². The van der Waals surface area contributed by atoms with Gasteiger partial charge in [-0.1, -0.05) is 37.0 Å². The van der Waals surface area contributed by atoms with E-state index < -0.39 is 0 Å². The number of hydrogen-bond acceptors (Lipinski definition) is 3. The van der Waals surface area contributed by atoms with Crippen LogP contribution in [0.1, 0.15) is 24.2 Å². The van der Waals surface area contributed by atoms with Gasteiger partial charge in [-0.25, -0.2) is 4.68 Å². The van der Waals surface area contributed by atoms with Gasteiger partial charge in [-0.2, -0.15) is 5.10 Å². The topological polar surface area (TPSA) is 64.2 Å². The summed E-state index contributed by atoms with van der Waals surface area (Å²) in [5.74, 6) is -0.108. The van der Waals surface area contributed by atoms with Gasteiger partial charge in [-0.3, -0.25) is 4.79 Å². The Labute approximate surface area is 158 Å². The fraction of sp³-hybridized carbons (Fsp3) is 0.375. The van der Waals surface area contributed by atoms with E-state index in [2.05, 4.69) is 5.10 Å². The van der Waals surface area contributed by atoms with Crippen molar-refractivity contribution < 1.29 is 4.79 Å². The smallest absolute Gasteiger partial charge is 0.256 e. The maximum atomic E-state index is 12.5. The van der Waals surface area contributed by atoms with Gasteiger partial charge in [-0.15, -0.1) is 12.4 Å². The molecule has 0 fully saturated rings. The normalized spacial score (nSPS) is 11.1. The first-order chi connectivity index (χ1) is 10.7. The molecule has 0 saturated carbocycles. The first kappa shape index (κ1) is 20.8. The standard InChI is InChI=1S/C16H20Cl2N4O.ClH/c1-16(2,9-19)10-21(3)15(23)11-7-20-22(8-11)14-5-4-12(17)6-13(14)18;/h4-8H,9-10,19H2,1-3H3;1H. The van der Waals surface area contributed by atoms with E-state index in [0.717, 1.165) is 0 Å². The maximum Gasteiger partial charge on any atom is 0.256 e. The summed E-state index contributed by atoms with van der Waals surface area (Å²) < 4.78 is 1.56. The first-order valence-corrected chi connectivity index (χ1v) is 7.95. The summed E-state index contributed by atoms with van der Waals surface area (Å²) >= 11 is 12.1. The average Bonchev–Trinajstić information content (AvgIpc) is 2.95. The van der Waals surface area contributed by atoms with Crippen molar-refractivity contribution in [2.45, 2.75) is 13.8 Å². The van der Waals surface area contributed by atoms with Gasteiger partial charge in [-0.05, 0) is 30.2 Å². The lowest BCUT2D eigenvalue weighted by molar-refractivity contribution is 0.0740. The molecule has 0 spiro atoms. The molecule has 0 saturated heterocycles. The van der Waals surface area contributed by atoms with Crippen LogP contribution in [0.2, 0.25) is 10.0 Å². The Morgan fingerprint density at radius 2 is 2.04 bits per heavy atom. The van der Waals surface area contributed by atoms with Crippen LogP contribution in [0, 0.1) is 5.41 Å². The molecule has 2 rings (SSSR count). The number of amides is 1. The molecular weight excluding hydrogens is 371 g/mol. The van der Waals surface area contributed by atoms with E-state index in [1.807, 2.05) is 13.8 Å². The molecule has 132 valence electrons. The number of rotatable bonds is 5. The Morgan fingerprint density at radius 1 is 1.38 bits per heavy atom. The van der Waals surface area contributed by atoms with Crippen molar-refractivity contribution in [2.24, 2.45) is 11.1 Å². The second-order valence-electron chi connectivity index (χ2n) is 6.30. The Kier molecular flexibility index (Phi) is 7.10. The minimum absolute atomic E-state index is 0. The molecule has 2 aromatic rings. The summed E-state index contributed by atoms with van der Waals surface area (Å²) in [4.78, 5) is 14.2. The van der Waals surface area contributed by atoms with E-state index in [1.165, 1.54) is 6.20 Å². The minimum atomic E-state index is -0.139. The number of hydrogen-bond donors (Lipinski definition) is 1. The third-order valence-corrected chi connectivity index (χ3v) is 4.09. The molecule has 8 heteroatoms. The predicted molar refractivity (Wildman–Crippen MR) is 101 cm³/mol. The van der Waals surface area contributed by atoms with Gasteiger partial charge >= 0.3 is 0 Å². The molecule has 24 heavy (non-hydrogen) atoms. The van der Waals surface area contributed by atoms with E-state index in [1.54, 1.807) is 41.0 Å². The Bertz CT molecular complexity index is 715. The predicted octanol–water partition coefficient (Wildman–Crippen LogP) is 3.66. The Balaban J connectivity index is 0.00000288. The van der Waals surface area contributed by atoms with Crippen molar-refractivity contribution in [3.05, 3.63) is 46.2 Å². The molecule has 1 amide bonds. The van der Waals surface area contributed by atoms with Crippen molar-refractivity contribution in [1.29, 1.82) is 0 Å². The minimum Gasteiger partial charge on any atom is -0.341 e. The molecule has 1 aromatic carbocycles. The first-order valence-electron chi connectivity index (χ1n) is 7.19.